The molecule has 220 valence electrons. The minimum atomic E-state index is 0.567. The maximum atomic E-state index is 6.81. The van der Waals surface area contributed by atoms with Gasteiger partial charge in [-0.15, -0.1) is 22.7 Å². The molecule has 7 heteroatoms. The number of nitrogens with zero attached hydrogens (tertiary/aromatic N) is 2. The number of thiophene rings is 2. The molecule has 43 heavy (non-hydrogen) atoms. The van der Waals surface area contributed by atoms with Crippen molar-refractivity contribution >= 4 is 56.8 Å². The van der Waals surface area contributed by atoms with Gasteiger partial charge in [0.2, 0.25) is 0 Å². The van der Waals surface area contributed by atoms with Crippen LogP contribution in [0.1, 0.15) is 51.7 Å². The van der Waals surface area contributed by atoms with Crippen LogP contribution in [0.5, 0.6) is 0 Å². The number of rotatable bonds is 10. The molecular weight excluding hydrogens is 585 g/mol. The van der Waals surface area contributed by atoms with Crippen molar-refractivity contribution in [3.63, 3.8) is 0 Å². The second-order valence-electron chi connectivity index (χ2n) is 11.7. The molecule has 0 fully saturated rings. The van der Waals surface area contributed by atoms with Crippen LogP contribution in [0.2, 0.25) is 0 Å². The average molecular weight is 623 g/mol. The van der Waals surface area contributed by atoms with Gasteiger partial charge >= 0.3 is 0 Å². The van der Waals surface area contributed by atoms with Gasteiger partial charge in [-0.3, -0.25) is 0 Å². The molecule has 6 aromatic rings. The second-order valence-corrected chi connectivity index (χ2v) is 14.4. The molecular formula is C36H38N4S3. The van der Waals surface area contributed by atoms with Gasteiger partial charge in [-0.2, -0.15) is 8.75 Å². The molecule has 2 unspecified atom stereocenters. The van der Waals surface area contributed by atoms with Crippen molar-refractivity contribution in [2.24, 2.45) is 11.8 Å². The monoisotopic (exact) mass is 622 g/mol. The van der Waals surface area contributed by atoms with Gasteiger partial charge in [0.1, 0.15) is 11.0 Å². The van der Waals surface area contributed by atoms with Crippen molar-refractivity contribution < 1.29 is 0 Å². The summed E-state index contributed by atoms with van der Waals surface area (Å²) in [6.07, 6.45) is 4.61. The first-order chi connectivity index (χ1) is 20.9. The lowest BCUT2D eigenvalue weighted by Gasteiger charge is -2.12. The van der Waals surface area contributed by atoms with Crippen molar-refractivity contribution in [1.82, 2.24) is 8.75 Å². The number of fused-ring (bicyclic) bond motifs is 1. The number of hydrogen-bond acceptors (Lipinski definition) is 7. The highest BCUT2D eigenvalue weighted by molar-refractivity contribution is 7.19. The van der Waals surface area contributed by atoms with Gasteiger partial charge in [-0.1, -0.05) is 89.1 Å². The largest absolute Gasteiger partial charge is 0.396 e. The summed E-state index contributed by atoms with van der Waals surface area (Å²) in [5.41, 5.74) is 23.3. The predicted octanol–water partition coefficient (Wildman–Crippen LogP) is 10.8. The lowest BCUT2D eigenvalue weighted by atomic mass is 9.98. The Morgan fingerprint density at radius 2 is 0.930 bits per heavy atom. The van der Waals surface area contributed by atoms with Crippen molar-refractivity contribution in [3.8, 4) is 41.8 Å². The maximum Gasteiger partial charge on any atom is 0.116 e. The molecule has 0 radical (unpaired) electrons. The van der Waals surface area contributed by atoms with Gasteiger partial charge in [-0.25, -0.2) is 0 Å². The summed E-state index contributed by atoms with van der Waals surface area (Å²) in [6, 6.07) is 26.5. The molecule has 3 aromatic heterocycles. The van der Waals surface area contributed by atoms with E-state index in [1.807, 2.05) is 0 Å². The van der Waals surface area contributed by atoms with Crippen LogP contribution in [0.3, 0.4) is 0 Å². The Morgan fingerprint density at radius 3 is 1.30 bits per heavy atom. The molecule has 2 atom stereocenters. The number of aromatic nitrogens is 2. The van der Waals surface area contributed by atoms with Gasteiger partial charge in [0, 0.05) is 30.6 Å². The van der Waals surface area contributed by atoms with E-state index in [1.54, 1.807) is 22.7 Å². The molecule has 0 spiro atoms. The van der Waals surface area contributed by atoms with E-state index in [0.717, 1.165) is 44.8 Å². The third-order valence-electron chi connectivity index (χ3n) is 8.53. The van der Waals surface area contributed by atoms with E-state index in [1.165, 1.54) is 56.6 Å². The minimum Gasteiger partial charge on any atom is -0.396 e. The van der Waals surface area contributed by atoms with Crippen molar-refractivity contribution in [1.29, 1.82) is 0 Å². The third kappa shape index (κ3) is 5.99. The SMILES string of the molecule is CCC(C)Cc1ccc(-c2ccc(-c3c(N)c(N)c(-c4ccc(-c5ccc(CC(C)CC)cc5)s4)c4nsnc34)s2)cc1. The fraction of sp³-hybridized carbons (Fsp3) is 0.278. The van der Waals surface area contributed by atoms with Crippen LogP contribution >= 0.6 is 34.4 Å². The number of nitrogens with two attached hydrogens (primary N) is 2. The zero-order chi connectivity index (χ0) is 30.1. The zero-order valence-electron chi connectivity index (χ0n) is 25.2. The molecule has 0 saturated carbocycles. The summed E-state index contributed by atoms with van der Waals surface area (Å²) in [4.78, 5) is 4.50. The quantitative estimate of drug-likeness (QED) is 0.149. The van der Waals surface area contributed by atoms with E-state index >= 15 is 0 Å². The Balaban J connectivity index is 1.31. The maximum absolute atomic E-state index is 6.81. The van der Waals surface area contributed by atoms with Crippen LogP contribution in [0.25, 0.3) is 52.8 Å². The molecule has 3 aromatic carbocycles. The fourth-order valence-electron chi connectivity index (χ4n) is 5.50. The number of benzene rings is 3. The Kier molecular flexibility index (Phi) is 8.66. The van der Waals surface area contributed by atoms with Gasteiger partial charge in [-0.05, 0) is 71.2 Å². The van der Waals surface area contributed by atoms with Crippen LogP contribution in [-0.4, -0.2) is 8.75 Å². The van der Waals surface area contributed by atoms with E-state index in [0.29, 0.717) is 23.2 Å². The first-order valence-corrected chi connectivity index (χ1v) is 17.4. The Bertz CT molecular complexity index is 1710. The first-order valence-electron chi connectivity index (χ1n) is 15.1. The molecule has 4 nitrogen and oxygen atoms in total. The standard InChI is InChI=1S/C36H38N4S3/c1-5-21(3)19-23-7-11-25(12-8-23)27-15-17-29(41-27)31-33(37)34(38)32(36-35(31)39-43-40-36)30-18-16-28(42-30)26-13-9-24(10-14-26)20-22(4)6-2/h7-18,21-22H,5-6,19-20,37-38H2,1-4H3. The average Bonchev–Trinajstić information content (AvgIpc) is 3.81. The molecule has 0 aliphatic carbocycles. The first kappa shape index (κ1) is 29.5. The predicted molar refractivity (Wildman–Crippen MR) is 190 cm³/mol. The molecule has 0 aliphatic rings. The van der Waals surface area contributed by atoms with Gasteiger partial charge in [0.15, 0.2) is 0 Å². The van der Waals surface area contributed by atoms with Crippen molar-refractivity contribution in [2.75, 3.05) is 11.5 Å². The third-order valence-corrected chi connectivity index (χ3v) is 11.4. The molecule has 4 N–H and O–H groups in total. The lowest BCUT2D eigenvalue weighted by molar-refractivity contribution is 0.560. The molecule has 6 rings (SSSR count). The Morgan fingerprint density at radius 1 is 0.558 bits per heavy atom. The summed E-state index contributed by atoms with van der Waals surface area (Å²) in [5, 5.41) is 0. The number of hydrogen-bond donors (Lipinski definition) is 2. The van der Waals surface area contributed by atoms with Gasteiger partial charge in [0.25, 0.3) is 0 Å². The summed E-state index contributed by atoms with van der Waals surface area (Å²) in [6.45, 7) is 9.11. The molecule has 3 heterocycles. The molecule has 0 bridgehead atoms. The summed E-state index contributed by atoms with van der Waals surface area (Å²) in [7, 11) is 0. The normalized spacial score (nSPS) is 13.0. The summed E-state index contributed by atoms with van der Waals surface area (Å²) in [5.74, 6) is 1.38. The van der Waals surface area contributed by atoms with Crippen LogP contribution in [-0.2, 0) is 12.8 Å². The van der Waals surface area contributed by atoms with Crippen molar-refractivity contribution in [2.45, 2.75) is 53.4 Å². The second kappa shape index (κ2) is 12.6. The van der Waals surface area contributed by atoms with Crippen molar-refractivity contribution in [3.05, 3.63) is 83.9 Å². The van der Waals surface area contributed by atoms with E-state index in [4.69, 9.17) is 20.2 Å². The van der Waals surface area contributed by atoms with Crippen LogP contribution in [0, 0.1) is 11.8 Å². The number of anilines is 2. The zero-order valence-corrected chi connectivity index (χ0v) is 27.6. The van der Waals surface area contributed by atoms with Gasteiger partial charge in [0.05, 0.1) is 23.1 Å². The Labute approximate surface area is 266 Å². The van der Waals surface area contributed by atoms with Crippen LogP contribution < -0.4 is 11.5 Å². The van der Waals surface area contributed by atoms with E-state index in [9.17, 15) is 0 Å². The van der Waals surface area contributed by atoms with Crippen LogP contribution in [0.15, 0.2) is 72.8 Å². The topological polar surface area (TPSA) is 77.8 Å². The summed E-state index contributed by atoms with van der Waals surface area (Å²) >= 11 is 4.64. The van der Waals surface area contributed by atoms with E-state index in [2.05, 4.69) is 100 Å². The van der Waals surface area contributed by atoms with E-state index < -0.39 is 0 Å². The molecule has 0 saturated heterocycles. The highest BCUT2D eigenvalue weighted by Crippen LogP contribution is 2.49. The summed E-state index contributed by atoms with van der Waals surface area (Å²) < 4.78 is 9.45. The molecule has 0 aliphatic heterocycles. The van der Waals surface area contributed by atoms with Crippen LogP contribution in [0.4, 0.5) is 11.4 Å². The minimum absolute atomic E-state index is 0.567. The highest BCUT2D eigenvalue weighted by Gasteiger charge is 2.23. The highest BCUT2D eigenvalue weighted by atomic mass is 32.1. The smallest absolute Gasteiger partial charge is 0.116 e. The number of nitrogen functional groups attached to an aromatic ring is 2. The Hall–Kier alpha value is -3.52. The fourth-order valence-corrected chi connectivity index (χ4v) is 8.20. The molecule has 0 amide bonds. The van der Waals surface area contributed by atoms with Gasteiger partial charge < -0.3 is 11.5 Å². The van der Waals surface area contributed by atoms with E-state index in [-0.39, 0.29) is 0 Å². The lowest BCUT2D eigenvalue weighted by Crippen LogP contribution is -2.00.